The second kappa shape index (κ2) is 8.85. The first kappa shape index (κ1) is 21.2. The topological polar surface area (TPSA) is 51.8 Å². The van der Waals surface area contributed by atoms with E-state index in [1.54, 1.807) is 0 Å². The first-order chi connectivity index (χ1) is 18.3. The zero-order valence-corrected chi connectivity index (χ0v) is 19.9. The lowest BCUT2D eigenvalue weighted by Crippen LogP contribution is -2.00. The summed E-state index contributed by atoms with van der Waals surface area (Å²) >= 11 is 0. The van der Waals surface area contributed by atoms with Gasteiger partial charge in [-0.3, -0.25) is 0 Å². The van der Waals surface area contributed by atoms with E-state index in [9.17, 15) is 0 Å². The van der Waals surface area contributed by atoms with Crippen molar-refractivity contribution in [2.24, 2.45) is 0 Å². The maximum atomic E-state index is 6.13. The highest BCUT2D eigenvalue weighted by Crippen LogP contribution is 2.36. The van der Waals surface area contributed by atoms with Crippen LogP contribution in [0.15, 0.2) is 132 Å². The van der Waals surface area contributed by atoms with Crippen molar-refractivity contribution in [3.63, 3.8) is 0 Å². The quantitative estimate of drug-likeness (QED) is 0.256. The van der Waals surface area contributed by atoms with Gasteiger partial charge in [-0.25, -0.2) is 15.0 Å². The van der Waals surface area contributed by atoms with Crippen LogP contribution in [-0.2, 0) is 0 Å². The maximum Gasteiger partial charge on any atom is 0.164 e. The van der Waals surface area contributed by atoms with E-state index in [0.717, 1.165) is 44.2 Å². The molecule has 0 aliphatic heterocycles. The molecule has 2 heterocycles. The van der Waals surface area contributed by atoms with Gasteiger partial charge in [0.1, 0.15) is 11.2 Å². The van der Waals surface area contributed by atoms with E-state index < -0.39 is 0 Å². The van der Waals surface area contributed by atoms with Crippen LogP contribution in [0.4, 0.5) is 0 Å². The van der Waals surface area contributed by atoms with Gasteiger partial charge < -0.3 is 4.42 Å². The molecule has 0 radical (unpaired) electrons. The molecule has 4 heteroatoms. The summed E-state index contributed by atoms with van der Waals surface area (Å²) in [5.74, 6) is 1.89. The van der Waals surface area contributed by atoms with Gasteiger partial charge in [-0.2, -0.15) is 0 Å². The Bertz CT molecular complexity index is 1860. The molecule has 4 nitrogen and oxygen atoms in total. The van der Waals surface area contributed by atoms with Gasteiger partial charge in [-0.05, 0) is 23.3 Å². The molecule has 2 aromatic heterocycles. The Balaban J connectivity index is 1.43. The van der Waals surface area contributed by atoms with Crippen LogP contribution >= 0.6 is 0 Å². The molecule has 0 fully saturated rings. The van der Waals surface area contributed by atoms with Gasteiger partial charge in [0.05, 0.1) is 0 Å². The molecule has 0 amide bonds. The summed E-state index contributed by atoms with van der Waals surface area (Å²) in [6, 6.07) is 42.9. The minimum Gasteiger partial charge on any atom is -0.456 e. The molecule has 0 aliphatic rings. The van der Waals surface area contributed by atoms with E-state index in [-0.39, 0.29) is 0 Å². The van der Waals surface area contributed by atoms with Crippen molar-refractivity contribution in [2.45, 2.75) is 0 Å². The van der Waals surface area contributed by atoms with Gasteiger partial charge in [-0.15, -0.1) is 0 Å². The van der Waals surface area contributed by atoms with Gasteiger partial charge in [0, 0.05) is 27.5 Å². The first-order valence-corrected chi connectivity index (χ1v) is 12.2. The highest BCUT2D eigenvalue weighted by atomic mass is 16.3. The largest absolute Gasteiger partial charge is 0.456 e. The van der Waals surface area contributed by atoms with Crippen LogP contribution in [0.25, 0.3) is 67.2 Å². The highest BCUT2D eigenvalue weighted by Gasteiger charge is 2.17. The summed E-state index contributed by atoms with van der Waals surface area (Å²) in [6.07, 6.45) is 0. The molecule has 5 aromatic carbocycles. The summed E-state index contributed by atoms with van der Waals surface area (Å²) in [5.41, 5.74) is 6.78. The van der Waals surface area contributed by atoms with Crippen molar-refractivity contribution in [1.82, 2.24) is 15.0 Å². The predicted molar refractivity (Wildman–Crippen MR) is 149 cm³/mol. The number of nitrogens with zero attached hydrogens (tertiary/aromatic N) is 3. The molecule has 0 atom stereocenters. The van der Waals surface area contributed by atoms with E-state index in [4.69, 9.17) is 19.4 Å². The molecule has 0 spiro atoms. The van der Waals surface area contributed by atoms with Gasteiger partial charge in [0.25, 0.3) is 0 Å². The highest BCUT2D eigenvalue weighted by molar-refractivity contribution is 6.11. The Kier molecular flexibility index (Phi) is 5.07. The Morgan fingerprint density at radius 3 is 1.62 bits per heavy atom. The van der Waals surface area contributed by atoms with E-state index in [2.05, 4.69) is 48.5 Å². The number of benzene rings is 5. The van der Waals surface area contributed by atoms with Gasteiger partial charge in [-0.1, -0.05) is 115 Å². The average molecular weight is 476 g/mol. The smallest absolute Gasteiger partial charge is 0.164 e. The Morgan fingerprint density at radius 2 is 0.892 bits per heavy atom. The number of para-hydroxylation sites is 1. The number of rotatable bonds is 4. The minimum absolute atomic E-state index is 0.619. The molecular formula is C33H21N3O. The summed E-state index contributed by atoms with van der Waals surface area (Å²) in [5, 5.41) is 2.05. The number of fused-ring (bicyclic) bond motifs is 3. The van der Waals surface area contributed by atoms with Crippen molar-refractivity contribution in [1.29, 1.82) is 0 Å². The molecule has 0 bridgehead atoms. The fourth-order valence-corrected chi connectivity index (χ4v) is 4.75. The van der Waals surface area contributed by atoms with Crippen molar-refractivity contribution >= 4 is 21.9 Å². The third kappa shape index (κ3) is 3.85. The van der Waals surface area contributed by atoms with E-state index in [1.165, 1.54) is 5.56 Å². The zero-order chi connectivity index (χ0) is 24.6. The molecule has 7 aromatic rings. The van der Waals surface area contributed by atoms with Crippen molar-refractivity contribution in [3.8, 4) is 45.3 Å². The molecular weight excluding hydrogens is 454 g/mol. The minimum atomic E-state index is 0.619. The molecule has 0 aliphatic carbocycles. The Morgan fingerprint density at radius 1 is 0.378 bits per heavy atom. The average Bonchev–Trinajstić information content (AvgIpc) is 3.37. The van der Waals surface area contributed by atoms with E-state index in [0.29, 0.717) is 17.5 Å². The summed E-state index contributed by atoms with van der Waals surface area (Å²) in [6.45, 7) is 0. The van der Waals surface area contributed by atoms with Gasteiger partial charge in [0.15, 0.2) is 17.5 Å². The molecule has 37 heavy (non-hydrogen) atoms. The molecule has 0 N–H and O–H groups in total. The van der Waals surface area contributed by atoms with Crippen molar-refractivity contribution in [3.05, 3.63) is 127 Å². The predicted octanol–water partition coefficient (Wildman–Crippen LogP) is 8.44. The first-order valence-electron chi connectivity index (χ1n) is 12.2. The van der Waals surface area contributed by atoms with Crippen LogP contribution in [0.1, 0.15) is 0 Å². The van der Waals surface area contributed by atoms with E-state index in [1.807, 2.05) is 78.9 Å². The maximum absolute atomic E-state index is 6.13. The van der Waals surface area contributed by atoms with E-state index >= 15 is 0 Å². The lowest BCUT2D eigenvalue weighted by molar-refractivity contribution is 0.669. The molecule has 0 saturated heterocycles. The van der Waals surface area contributed by atoms with Crippen molar-refractivity contribution < 1.29 is 4.42 Å². The second-order valence-corrected chi connectivity index (χ2v) is 8.89. The molecule has 0 saturated carbocycles. The van der Waals surface area contributed by atoms with Gasteiger partial charge in [0.2, 0.25) is 0 Å². The third-order valence-electron chi connectivity index (χ3n) is 6.56. The Labute approximate surface area is 213 Å². The van der Waals surface area contributed by atoms with Crippen LogP contribution in [0, 0.1) is 0 Å². The van der Waals surface area contributed by atoms with Crippen molar-refractivity contribution in [2.75, 3.05) is 0 Å². The summed E-state index contributed by atoms with van der Waals surface area (Å²) < 4.78 is 6.13. The standard InChI is InChI=1S/C33H21N3O/c1-3-10-22(11-4-1)23-18-20-25(21-19-23)32-34-31(24-12-5-2-6-13-24)35-33(36-32)27-15-9-17-29-30(27)26-14-7-8-16-28(26)37-29/h1-21H. The normalized spacial score (nSPS) is 11.2. The Hall–Kier alpha value is -5.09. The SMILES string of the molecule is c1ccc(-c2ccc(-c3nc(-c4ccccc4)nc(-c4cccc5oc6ccccc6c45)n3)cc2)cc1. The van der Waals surface area contributed by atoms with Crippen LogP contribution < -0.4 is 0 Å². The van der Waals surface area contributed by atoms with Crippen LogP contribution in [-0.4, -0.2) is 15.0 Å². The van der Waals surface area contributed by atoms with Crippen LogP contribution in [0.2, 0.25) is 0 Å². The van der Waals surface area contributed by atoms with Gasteiger partial charge >= 0.3 is 0 Å². The third-order valence-corrected chi connectivity index (χ3v) is 6.56. The number of hydrogen-bond donors (Lipinski definition) is 0. The fourth-order valence-electron chi connectivity index (χ4n) is 4.75. The molecule has 7 rings (SSSR count). The number of aromatic nitrogens is 3. The lowest BCUT2D eigenvalue weighted by atomic mass is 10.0. The van der Waals surface area contributed by atoms with Crippen LogP contribution in [0.3, 0.4) is 0 Å². The summed E-state index contributed by atoms with van der Waals surface area (Å²) in [4.78, 5) is 14.8. The number of hydrogen-bond acceptors (Lipinski definition) is 4. The molecule has 174 valence electrons. The monoisotopic (exact) mass is 475 g/mol. The number of furan rings is 1. The van der Waals surface area contributed by atoms with Crippen LogP contribution in [0.5, 0.6) is 0 Å². The lowest BCUT2D eigenvalue weighted by Gasteiger charge is -2.10. The fraction of sp³-hybridized carbons (Fsp3) is 0. The zero-order valence-electron chi connectivity index (χ0n) is 19.9. The second-order valence-electron chi connectivity index (χ2n) is 8.89. The molecule has 0 unspecified atom stereocenters. The summed E-state index contributed by atoms with van der Waals surface area (Å²) in [7, 11) is 0.